The number of nitrogens with zero attached hydrogens (tertiary/aromatic N) is 2. The van der Waals surface area contributed by atoms with Gasteiger partial charge in [-0.05, 0) is 56.2 Å². The highest BCUT2D eigenvalue weighted by atomic mass is 32.2. The number of hydrogen-bond donors (Lipinski definition) is 0. The van der Waals surface area contributed by atoms with Crippen LogP contribution in [0.25, 0.3) is 0 Å². The summed E-state index contributed by atoms with van der Waals surface area (Å²) in [6, 6.07) is 16.4. The van der Waals surface area contributed by atoms with E-state index in [1.807, 2.05) is 11.0 Å². The first-order valence-corrected chi connectivity index (χ1v) is 12.6. The summed E-state index contributed by atoms with van der Waals surface area (Å²) in [6.45, 7) is 3.26. The van der Waals surface area contributed by atoms with Crippen LogP contribution in [-0.4, -0.2) is 56.0 Å². The van der Waals surface area contributed by atoms with Crippen LogP contribution in [0.15, 0.2) is 59.5 Å². The third-order valence-corrected chi connectivity index (χ3v) is 8.04. The van der Waals surface area contributed by atoms with Crippen molar-refractivity contribution >= 4 is 21.7 Å². The largest absolute Gasteiger partial charge is 0.343 e. The SMILES string of the molecule is CC(=O)c1ccc(S(=O)(=O)N(C)CCCC(=O)N2CCC(Cc3ccccc3)CC2)cc1. The summed E-state index contributed by atoms with van der Waals surface area (Å²) in [5, 5.41) is 0. The Morgan fingerprint density at radius 1 is 1.00 bits per heavy atom. The third-order valence-electron chi connectivity index (χ3n) is 6.17. The van der Waals surface area contributed by atoms with Gasteiger partial charge in [-0.15, -0.1) is 0 Å². The van der Waals surface area contributed by atoms with Crippen molar-refractivity contribution in [1.29, 1.82) is 0 Å². The van der Waals surface area contributed by atoms with E-state index in [4.69, 9.17) is 0 Å². The zero-order valence-electron chi connectivity index (χ0n) is 18.9. The minimum Gasteiger partial charge on any atom is -0.343 e. The summed E-state index contributed by atoms with van der Waals surface area (Å²) in [7, 11) is -2.12. The molecule has 172 valence electrons. The van der Waals surface area contributed by atoms with E-state index in [2.05, 4.69) is 24.3 Å². The number of carbonyl (C=O) groups is 2. The maximum absolute atomic E-state index is 12.7. The van der Waals surface area contributed by atoms with Crippen LogP contribution in [0, 0.1) is 5.92 Å². The lowest BCUT2D eigenvalue weighted by Crippen LogP contribution is -2.39. The molecule has 32 heavy (non-hydrogen) atoms. The fraction of sp³-hybridized carbons (Fsp3) is 0.440. The Morgan fingerprint density at radius 3 is 2.22 bits per heavy atom. The second-order valence-electron chi connectivity index (χ2n) is 8.52. The topological polar surface area (TPSA) is 74.8 Å². The molecular formula is C25H32N2O4S. The van der Waals surface area contributed by atoms with E-state index in [9.17, 15) is 18.0 Å². The first kappa shape index (κ1) is 24.1. The number of carbonyl (C=O) groups excluding carboxylic acids is 2. The lowest BCUT2D eigenvalue weighted by molar-refractivity contribution is -0.132. The Balaban J connectivity index is 1.42. The lowest BCUT2D eigenvalue weighted by atomic mass is 9.90. The van der Waals surface area contributed by atoms with Crippen LogP contribution in [-0.2, 0) is 21.2 Å². The van der Waals surface area contributed by atoms with Gasteiger partial charge in [0.2, 0.25) is 15.9 Å². The van der Waals surface area contributed by atoms with Gasteiger partial charge in [-0.25, -0.2) is 12.7 Å². The van der Waals surface area contributed by atoms with Crippen molar-refractivity contribution in [2.24, 2.45) is 5.92 Å². The summed E-state index contributed by atoms with van der Waals surface area (Å²) in [4.78, 5) is 26.0. The number of sulfonamides is 1. The van der Waals surface area contributed by atoms with Gasteiger partial charge in [-0.2, -0.15) is 0 Å². The molecule has 1 heterocycles. The molecule has 0 aromatic heterocycles. The summed E-state index contributed by atoms with van der Waals surface area (Å²) < 4.78 is 26.7. The monoisotopic (exact) mass is 456 g/mol. The highest BCUT2D eigenvalue weighted by Gasteiger charge is 2.24. The van der Waals surface area contributed by atoms with Crippen LogP contribution in [0.4, 0.5) is 0 Å². The summed E-state index contributed by atoms with van der Waals surface area (Å²) in [5.74, 6) is 0.594. The molecule has 0 atom stereocenters. The van der Waals surface area contributed by atoms with E-state index in [0.717, 1.165) is 32.4 Å². The van der Waals surface area contributed by atoms with Gasteiger partial charge in [0.15, 0.2) is 5.78 Å². The normalized spacial score (nSPS) is 15.2. The van der Waals surface area contributed by atoms with Crippen LogP contribution in [0.1, 0.15) is 48.5 Å². The fourth-order valence-electron chi connectivity index (χ4n) is 4.11. The molecule has 1 fully saturated rings. The van der Waals surface area contributed by atoms with E-state index in [0.29, 0.717) is 24.3 Å². The van der Waals surface area contributed by atoms with Crippen molar-refractivity contribution in [3.63, 3.8) is 0 Å². The molecule has 0 saturated carbocycles. The molecule has 1 aliphatic heterocycles. The molecule has 6 nitrogen and oxygen atoms in total. The van der Waals surface area contributed by atoms with Crippen molar-refractivity contribution in [1.82, 2.24) is 9.21 Å². The molecule has 0 spiro atoms. The predicted octanol–water partition coefficient (Wildman–Crippen LogP) is 3.77. The quantitative estimate of drug-likeness (QED) is 0.539. The van der Waals surface area contributed by atoms with E-state index in [1.165, 1.54) is 48.1 Å². The number of rotatable bonds is 9. The molecule has 0 radical (unpaired) electrons. The Kier molecular flexibility index (Phi) is 8.21. The average Bonchev–Trinajstić information content (AvgIpc) is 2.80. The Hall–Kier alpha value is -2.51. The van der Waals surface area contributed by atoms with Crippen molar-refractivity contribution < 1.29 is 18.0 Å². The van der Waals surface area contributed by atoms with Gasteiger partial charge < -0.3 is 4.90 Å². The number of amides is 1. The van der Waals surface area contributed by atoms with Gasteiger partial charge in [-0.1, -0.05) is 42.5 Å². The van der Waals surface area contributed by atoms with Gasteiger partial charge in [-0.3, -0.25) is 9.59 Å². The van der Waals surface area contributed by atoms with Crippen LogP contribution >= 0.6 is 0 Å². The molecule has 0 N–H and O–H groups in total. The Morgan fingerprint density at radius 2 is 1.62 bits per heavy atom. The molecular weight excluding hydrogens is 424 g/mol. The smallest absolute Gasteiger partial charge is 0.242 e. The molecule has 7 heteroatoms. The van der Waals surface area contributed by atoms with Crippen molar-refractivity contribution in [2.75, 3.05) is 26.7 Å². The second-order valence-corrected chi connectivity index (χ2v) is 10.6. The van der Waals surface area contributed by atoms with E-state index >= 15 is 0 Å². The fourth-order valence-corrected chi connectivity index (χ4v) is 5.32. The highest BCUT2D eigenvalue weighted by Crippen LogP contribution is 2.22. The zero-order chi connectivity index (χ0) is 23.1. The van der Waals surface area contributed by atoms with Crippen LogP contribution < -0.4 is 0 Å². The second kappa shape index (κ2) is 10.9. The van der Waals surface area contributed by atoms with Gasteiger partial charge in [0.05, 0.1) is 4.90 Å². The maximum Gasteiger partial charge on any atom is 0.242 e. The molecule has 0 unspecified atom stereocenters. The van der Waals surface area contributed by atoms with Gasteiger partial charge in [0, 0.05) is 38.7 Å². The van der Waals surface area contributed by atoms with E-state index < -0.39 is 10.0 Å². The first-order valence-electron chi connectivity index (χ1n) is 11.2. The van der Waals surface area contributed by atoms with E-state index in [1.54, 1.807) is 0 Å². The van der Waals surface area contributed by atoms with Gasteiger partial charge in [0.1, 0.15) is 0 Å². The molecule has 1 aliphatic rings. The summed E-state index contributed by atoms with van der Waals surface area (Å²) in [6.07, 6.45) is 3.88. The number of benzene rings is 2. The van der Waals surface area contributed by atoms with Crippen LogP contribution in [0.3, 0.4) is 0 Å². The molecule has 1 saturated heterocycles. The molecule has 0 bridgehead atoms. The lowest BCUT2D eigenvalue weighted by Gasteiger charge is -2.32. The minimum absolute atomic E-state index is 0.0970. The summed E-state index contributed by atoms with van der Waals surface area (Å²) >= 11 is 0. The van der Waals surface area contributed by atoms with Gasteiger partial charge in [0.25, 0.3) is 0 Å². The molecule has 2 aromatic carbocycles. The number of Topliss-reactive ketones (excluding diaryl/α,β-unsaturated/α-hetero) is 1. The number of likely N-dealkylation sites (tertiary alicyclic amines) is 1. The number of ketones is 1. The predicted molar refractivity (Wildman–Crippen MR) is 125 cm³/mol. The zero-order valence-corrected chi connectivity index (χ0v) is 19.7. The number of hydrogen-bond acceptors (Lipinski definition) is 4. The highest BCUT2D eigenvalue weighted by molar-refractivity contribution is 7.89. The van der Waals surface area contributed by atoms with E-state index in [-0.39, 0.29) is 23.1 Å². The molecule has 3 rings (SSSR count). The molecule has 0 aliphatic carbocycles. The van der Waals surface area contributed by atoms with Crippen molar-refractivity contribution in [3.05, 3.63) is 65.7 Å². The number of piperidine rings is 1. The maximum atomic E-state index is 12.7. The van der Waals surface area contributed by atoms with Gasteiger partial charge >= 0.3 is 0 Å². The third kappa shape index (κ3) is 6.26. The van der Waals surface area contributed by atoms with Crippen molar-refractivity contribution in [3.8, 4) is 0 Å². The molecule has 1 amide bonds. The summed E-state index contributed by atoms with van der Waals surface area (Å²) in [5.41, 5.74) is 1.82. The standard InChI is InChI=1S/C25H32N2O4S/c1-20(28)23-10-12-24(13-11-23)32(30,31)26(2)16-6-9-25(29)27-17-14-22(15-18-27)19-21-7-4-3-5-8-21/h3-5,7-8,10-13,22H,6,9,14-19H2,1-2H3. The average molecular weight is 457 g/mol. The van der Waals surface area contributed by atoms with Crippen LogP contribution in [0.2, 0.25) is 0 Å². The van der Waals surface area contributed by atoms with Crippen LogP contribution in [0.5, 0.6) is 0 Å². The Bertz CT molecular complexity index is 1010. The first-order chi connectivity index (χ1) is 15.3. The minimum atomic E-state index is -3.64. The van der Waals surface area contributed by atoms with Crippen molar-refractivity contribution in [2.45, 2.75) is 43.9 Å². The molecule has 2 aromatic rings. The Labute approximate surface area is 191 Å².